The van der Waals surface area contributed by atoms with Gasteiger partial charge >= 0.3 is 13.8 Å². The summed E-state index contributed by atoms with van der Waals surface area (Å²) in [6.07, 6.45) is 0.838. The zero-order valence-corrected chi connectivity index (χ0v) is 13.2. The van der Waals surface area contributed by atoms with Gasteiger partial charge in [-0.2, -0.15) is 0 Å². The molecule has 5 nitrogen and oxygen atoms in total. The first-order valence-corrected chi connectivity index (χ1v) is 8.31. The SMILES string of the molecule is CCc1ccc(C(=O)OP(=O)(O)Oc2ccc(C)cc2)cc1. The van der Waals surface area contributed by atoms with E-state index in [1.54, 1.807) is 36.4 Å². The average Bonchev–Trinajstić information content (AvgIpc) is 2.49. The molecule has 0 heterocycles. The molecule has 2 aromatic carbocycles. The molecule has 0 aliphatic rings. The van der Waals surface area contributed by atoms with Crippen molar-refractivity contribution in [1.29, 1.82) is 0 Å². The molecule has 0 aromatic heterocycles. The van der Waals surface area contributed by atoms with Gasteiger partial charge < -0.3 is 9.05 Å². The predicted molar refractivity (Wildman–Crippen MR) is 82.9 cm³/mol. The molecule has 0 spiro atoms. The Bertz CT molecular complexity index is 691. The lowest BCUT2D eigenvalue weighted by Gasteiger charge is -2.12. The molecule has 6 heteroatoms. The summed E-state index contributed by atoms with van der Waals surface area (Å²) in [5, 5.41) is 0. The van der Waals surface area contributed by atoms with Crippen LogP contribution in [0, 0.1) is 6.92 Å². The van der Waals surface area contributed by atoms with Gasteiger partial charge in [0.05, 0.1) is 5.56 Å². The van der Waals surface area contributed by atoms with E-state index in [1.165, 1.54) is 12.1 Å². The predicted octanol–water partition coefficient (Wildman–Crippen LogP) is 3.89. The van der Waals surface area contributed by atoms with Crippen LogP contribution in [-0.4, -0.2) is 10.9 Å². The Hall–Kier alpha value is -2.10. The van der Waals surface area contributed by atoms with Crippen LogP contribution in [0.2, 0.25) is 0 Å². The molecule has 0 aliphatic carbocycles. The van der Waals surface area contributed by atoms with Crippen molar-refractivity contribution in [2.75, 3.05) is 0 Å². The molecule has 0 saturated carbocycles. The molecule has 2 rings (SSSR count). The van der Waals surface area contributed by atoms with E-state index in [4.69, 9.17) is 4.52 Å². The number of benzene rings is 2. The Balaban J connectivity index is 2.05. The minimum Gasteiger partial charge on any atom is -0.395 e. The lowest BCUT2D eigenvalue weighted by molar-refractivity contribution is 0.0683. The van der Waals surface area contributed by atoms with Crippen LogP contribution in [0.5, 0.6) is 5.75 Å². The van der Waals surface area contributed by atoms with Gasteiger partial charge in [0.15, 0.2) is 0 Å². The molecular weight excluding hydrogens is 303 g/mol. The second-order valence-electron chi connectivity index (χ2n) is 4.80. The van der Waals surface area contributed by atoms with Crippen molar-refractivity contribution in [1.82, 2.24) is 0 Å². The number of hydrogen-bond acceptors (Lipinski definition) is 4. The van der Waals surface area contributed by atoms with E-state index in [-0.39, 0.29) is 11.3 Å². The smallest absolute Gasteiger partial charge is 0.395 e. The van der Waals surface area contributed by atoms with E-state index >= 15 is 0 Å². The quantitative estimate of drug-likeness (QED) is 0.846. The van der Waals surface area contributed by atoms with Gasteiger partial charge in [-0.1, -0.05) is 36.8 Å². The maximum atomic E-state index is 11.9. The van der Waals surface area contributed by atoms with Crippen LogP contribution in [-0.2, 0) is 15.5 Å². The molecule has 116 valence electrons. The minimum atomic E-state index is -4.52. The highest BCUT2D eigenvalue weighted by Crippen LogP contribution is 2.44. The van der Waals surface area contributed by atoms with Crippen molar-refractivity contribution in [2.45, 2.75) is 20.3 Å². The second-order valence-corrected chi connectivity index (χ2v) is 6.10. The Morgan fingerprint density at radius 2 is 1.68 bits per heavy atom. The largest absolute Gasteiger partial charge is 0.587 e. The Morgan fingerprint density at radius 1 is 1.09 bits per heavy atom. The van der Waals surface area contributed by atoms with E-state index in [0.717, 1.165) is 17.5 Å². The third-order valence-electron chi connectivity index (χ3n) is 3.04. The molecule has 0 fully saturated rings. The topological polar surface area (TPSA) is 72.8 Å². The maximum absolute atomic E-state index is 11.9. The van der Waals surface area contributed by atoms with Gasteiger partial charge in [-0.05, 0) is 43.2 Å². The van der Waals surface area contributed by atoms with Crippen LogP contribution in [0.4, 0.5) is 0 Å². The molecule has 2 aromatic rings. The Kier molecular flexibility index (Phi) is 5.01. The summed E-state index contributed by atoms with van der Waals surface area (Å²) in [6, 6.07) is 13.1. The maximum Gasteiger partial charge on any atom is 0.587 e. The van der Waals surface area contributed by atoms with Crippen LogP contribution in [0.1, 0.15) is 28.4 Å². The summed E-state index contributed by atoms with van der Waals surface area (Å²) in [5.74, 6) is -0.744. The van der Waals surface area contributed by atoms with Crippen molar-refractivity contribution < 1.29 is 23.3 Å². The fourth-order valence-electron chi connectivity index (χ4n) is 1.78. The minimum absolute atomic E-state index is 0.158. The molecule has 22 heavy (non-hydrogen) atoms. The zero-order chi connectivity index (χ0) is 16.2. The molecule has 0 saturated heterocycles. The fraction of sp³-hybridized carbons (Fsp3) is 0.188. The fourth-order valence-corrected chi connectivity index (χ4v) is 2.53. The number of carbonyl (C=O) groups excluding carboxylic acids is 1. The van der Waals surface area contributed by atoms with Gasteiger partial charge in [-0.25, -0.2) is 9.36 Å². The third-order valence-corrected chi connectivity index (χ3v) is 3.88. The Labute approximate surface area is 129 Å². The Morgan fingerprint density at radius 3 is 2.23 bits per heavy atom. The van der Waals surface area contributed by atoms with Crippen molar-refractivity contribution in [2.24, 2.45) is 0 Å². The second kappa shape index (κ2) is 6.77. The monoisotopic (exact) mass is 320 g/mol. The first kappa shape index (κ1) is 16.3. The zero-order valence-electron chi connectivity index (χ0n) is 12.4. The molecule has 0 radical (unpaired) electrons. The van der Waals surface area contributed by atoms with Gasteiger partial charge in [-0.15, -0.1) is 0 Å². The van der Waals surface area contributed by atoms with Crippen LogP contribution in [0.15, 0.2) is 48.5 Å². The standard InChI is InChI=1S/C16H17O5P/c1-3-13-6-8-14(9-7-13)16(17)21-22(18,19)20-15-10-4-12(2)5-11-15/h4-11H,3H2,1-2H3,(H,18,19). The molecular formula is C16H17O5P. The van der Waals surface area contributed by atoms with E-state index in [2.05, 4.69) is 4.52 Å². The number of phosphoric ester groups is 1. The summed E-state index contributed by atoms with van der Waals surface area (Å²) < 4.78 is 21.3. The van der Waals surface area contributed by atoms with E-state index < -0.39 is 13.8 Å². The summed E-state index contributed by atoms with van der Waals surface area (Å²) in [5.41, 5.74) is 2.23. The van der Waals surface area contributed by atoms with Crippen LogP contribution >= 0.6 is 7.82 Å². The van der Waals surface area contributed by atoms with E-state index in [1.807, 2.05) is 13.8 Å². The van der Waals surface area contributed by atoms with Crippen molar-refractivity contribution >= 4 is 13.8 Å². The highest BCUT2D eigenvalue weighted by Gasteiger charge is 2.28. The van der Waals surface area contributed by atoms with Gasteiger partial charge in [0.2, 0.25) is 0 Å². The molecule has 0 bridgehead atoms. The van der Waals surface area contributed by atoms with Gasteiger partial charge in [0.1, 0.15) is 5.75 Å². The van der Waals surface area contributed by atoms with Crippen LogP contribution < -0.4 is 4.52 Å². The molecule has 1 unspecified atom stereocenters. The van der Waals surface area contributed by atoms with Gasteiger partial charge in [-0.3, -0.25) is 4.89 Å². The summed E-state index contributed by atoms with van der Waals surface area (Å²) in [7, 11) is -4.52. The molecule has 0 amide bonds. The summed E-state index contributed by atoms with van der Waals surface area (Å²) in [4.78, 5) is 21.5. The lowest BCUT2D eigenvalue weighted by atomic mass is 10.1. The number of carbonyl (C=O) groups is 1. The van der Waals surface area contributed by atoms with Crippen molar-refractivity contribution in [3.8, 4) is 5.75 Å². The molecule has 1 atom stereocenters. The lowest BCUT2D eigenvalue weighted by Crippen LogP contribution is -2.06. The normalized spacial score (nSPS) is 13.2. The van der Waals surface area contributed by atoms with Gasteiger partial charge in [0, 0.05) is 0 Å². The highest BCUT2D eigenvalue weighted by molar-refractivity contribution is 7.48. The van der Waals surface area contributed by atoms with Crippen LogP contribution in [0.3, 0.4) is 0 Å². The summed E-state index contributed by atoms with van der Waals surface area (Å²) in [6.45, 7) is 3.87. The van der Waals surface area contributed by atoms with E-state index in [9.17, 15) is 14.3 Å². The molecule has 0 aliphatic heterocycles. The highest BCUT2D eigenvalue weighted by atomic mass is 31.2. The van der Waals surface area contributed by atoms with E-state index in [0.29, 0.717) is 0 Å². The number of aryl methyl sites for hydroxylation is 2. The first-order valence-electron chi connectivity index (χ1n) is 6.81. The number of phosphoric acid groups is 1. The third kappa shape index (κ3) is 4.45. The number of rotatable bonds is 5. The first-order chi connectivity index (χ1) is 10.4. The van der Waals surface area contributed by atoms with Crippen molar-refractivity contribution in [3.05, 3.63) is 65.2 Å². The average molecular weight is 320 g/mol. The van der Waals surface area contributed by atoms with Gasteiger partial charge in [0.25, 0.3) is 0 Å². The van der Waals surface area contributed by atoms with Crippen molar-refractivity contribution in [3.63, 3.8) is 0 Å². The van der Waals surface area contributed by atoms with Crippen LogP contribution in [0.25, 0.3) is 0 Å². The summed E-state index contributed by atoms with van der Waals surface area (Å²) >= 11 is 0. The molecule has 1 N–H and O–H groups in total. The number of hydrogen-bond donors (Lipinski definition) is 1.